The number of pyridine rings is 1. The summed E-state index contributed by atoms with van der Waals surface area (Å²) in [6, 6.07) is 5.22. The van der Waals surface area contributed by atoms with Crippen LogP contribution < -0.4 is 21.7 Å². The van der Waals surface area contributed by atoms with Gasteiger partial charge in [0.1, 0.15) is 12.1 Å². The summed E-state index contributed by atoms with van der Waals surface area (Å²) in [5.41, 5.74) is 6.24. The van der Waals surface area contributed by atoms with Gasteiger partial charge < -0.3 is 36.6 Å². The Kier molecular flexibility index (Phi) is 11.9. The molecule has 17 heteroatoms. The number of carboxylic acid groups (broad SMARTS) is 1. The van der Waals surface area contributed by atoms with Gasteiger partial charge in [0.2, 0.25) is 17.7 Å². The molecule has 15 nitrogen and oxygen atoms in total. The molecule has 0 saturated carbocycles. The van der Waals surface area contributed by atoms with E-state index in [2.05, 4.69) is 25.9 Å². The number of carbonyl (C=O) groups is 5. The van der Waals surface area contributed by atoms with E-state index in [4.69, 9.17) is 11.0 Å². The summed E-state index contributed by atoms with van der Waals surface area (Å²) >= 11 is 0. The fourth-order valence-electron chi connectivity index (χ4n) is 4.62. The molecule has 1 aliphatic heterocycles. The van der Waals surface area contributed by atoms with Gasteiger partial charge in [0.05, 0.1) is 35.9 Å². The minimum Gasteiger partial charge on any atom is -0.480 e. The van der Waals surface area contributed by atoms with Crippen LogP contribution in [0.3, 0.4) is 0 Å². The maximum absolute atomic E-state index is 13.7. The summed E-state index contributed by atoms with van der Waals surface area (Å²) in [5, 5.41) is 26.3. The van der Waals surface area contributed by atoms with Crippen LogP contribution in [0.4, 0.5) is 14.5 Å². The molecule has 1 aromatic carbocycles. The monoisotopic (exact) mass is 643 g/mol. The highest BCUT2D eigenvalue weighted by Gasteiger charge is 2.47. The molecule has 2 atom stereocenters. The van der Waals surface area contributed by atoms with Crippen molar-refractivity contribution in [2.24, 2.45) is 10.7 Å². The lowest BCUT2D eigenvalue weighted by Crippen LogP contribution is -2.43. The number of nitrogens with two attached hydrogens (primary N) is 1. The van der Waals surface area contributed by atoms with Gasteiger partial charge in [-0.1, -0.05) is 12.1 Å². The molecule has 246 valence electrons. The number of nitrogens with zero attached hydrogens (tertiary/aromatic N) is 5. The largest absolute Gasteiger partial charge is 0.480 e. The van der Waals surface area contributed by atoms with E-state index in [0.29, 0.717) is 17.8 Å². The number of aliphatic carboxylic acids is 1. The number of likely N-dealkylation sites (tertiary alicyclic amines) is 1. The Hall–Kier alpha value is -5.40. The second kappa shape index (κ2) is 15.5. The van der Waals surface area contributed by atoms with Crippen LogP contribution in [-0.2, 0) is 19.2 Å². The van der Waals surface area contributed by atoms with Crippen LogP contribution in [0.15, 0.2) is 35.5 Å². The molecule has 2 aromatic rings. The van der Waals surface area contributed by atoms with Crippen molar-refractivity contribution in [3.05, 3.63) is 36.0 Å². The summed E-state index contributed by atoms with van der Waals surface area (Å²) in [5.74, 6) is -6.87. The third-order valence-electron chi connectivity index (χ3n) is 7.02. The number of nitriles is 1. The van der Waals surface area contributed by atoms with E-state index in [0.717, 1.165) is 4.90 Å². The zero-order valence-corrected chi connectivity index (χ0v) is 25.3. The molecule has 46 heavy (non-hydrogen) atoms. The number of fused-ring (bicyclic) bond motifs is 1. The van der Waals surface area contributed by atoms with Gasteiger partial charge in [0.15, 0.2) is 5.96 Å². The number of nitrogens with one attached hydrogen (secondary N) is 3. The molecule has 0 aliphatic carbocycles. The Morgan fingerprint density at radius 1 is 1.22 bits per heavy atom. The van der Waals surface area contributed by atoms with E-state index >= 15 is 0 Å². The fraction of sp³-hybridized carbons (Fsp3) is 0.448. The number of anilines is 1. The maximum Gasteiger partial charge on any atom is 0.326 e. The van der Waals surface area contributed by atoms with Crippen molar-refractivity contribution in [2.75, 3.05) is 39.0 Å². The second-order valence-corrected chi connectivity index (χ2v) is 10.8. The van der Waals surface area contributed by atoms with E-state index in [1.807, 2.05) is 0 Å². The van der Waals surface area contributed by atoms with Gasteiger partial charge in [-0.25, -0.2) is 13.6 Å². The quantitative estimate of drug-likeness (QED) is 0.117. The standard InChI is InChI=1S/C29H35F2N9O6/c1-39(2)28(33)35-11-4-7-21(27(45)46)38-23(42)9-8-22(41)37-20-6-3-5-18-19(10-12-34-25(18)20)26(44)36-15-24(43)40-16-29(30,31)13-17(40)14-32/h3,5-6,10,12,17,21H,4,7-9,11,13,15-16H2,1-2H3,(H2,33,35)(H,36,44)(H,37,41)(H,38,42)(H,45,46)/t17-,21-/m0/s1. The highest BCUT2D eigenvalue weighted by atomic mass is 19.3. The van der Waals surface area contributed by atoms with Crippen molar-refractivity contribution in [1.29, 1.82) is 5.26 Å². The zero-order valence-electron chi connectivity index (χ0n) is 25.3. The number of alkyl halides is 2. The lowest BCUT2D eigenvalue weighted by Gasteiger charge is -2.19. The van der Waals surface area contributed by atoms with Gasteiger partial charge in [-0.15, -0.1) is 0 Å². The first kappa shape index (κ1) is 35.1. The normalized spacial score (nSPS) is 16.3. The van der Waals surface area contributed by atoms with Crippen molar-refractivity contribution in [2.45, 2.75) is 50.1 Å². The highest BCUT2D eigenvalue weighted by Crippen LogP contribution is 2.31. The first-order chi connectivity index (χ1) is 21.7. The molecular weight excluding hydrogens is 608 g/mol. The second-order valence-electron chi connectivity index (χ2n) is 10.8. The van der Waals surface area contributed by atoms with Crippen molar-refractivity contribution in [1.82, 2.24) is 25.4 Å². The molecule has 1 aromatic heterocycles. The number of rotatable bonds is 13. The van der Waals surface area contributed by atoms with Crippen LogP contribution in [0, 0.1) is 11.3 Å². The number of benzene rings is 1. The van der Waals surface area contributed by atoms with Crippen molar-refractivity contribution >= 4 is 52.1 Å². The van der Waals surface area contributed by atoms with Crippen LogP contribution >= 0.6 is 0 Å². The Morgan fingerprint density at radius 2 is 1.93 bits per heavy atom. The van der Waals surface area contributed by atoms with E-state index in [-0.39, 0.29) is 42.6 Å². The summed E-state index contributed by atoms with van der Waals surface area (Å²) in [6.07, 6.45) is 0.426. The number of amides is 4. The first-order valence-electron chi connectivity index (χ1n) is 14.2. The van der Waals surface area contributed by atoms with Crippen molar-refractivity contribution < 1.29 is 37.9 Å². The van der Waals surface area contributed by atoms with Crippen molar-refractivity contribution in [3.63, 3.8) is 0 Å². The summed E-state index contributed by atoms with van der Waals surface area (Å²) in [7, 11) is 3.43. The van der Waals surface area contributed by atoms with E-state index in [9.17, 15) is 37.9 Å². The van der Waals surface area contributed by atoms with E-state index in [1.165, 1.54) is 18.3 Å². The molecule has 1 aliphatic rings. The van der Waals surface area contributed by atoms with Gasteiger partial charge in [-0.05, 0) is 25.0 Å². The lowest BCUT2D eigenvalue weighted by atomic mass is 10.1. The first-order valence-corrected chi connectivity index (χ1v) is 14.2. The Labute approximate surface area is 262 Å². The SMILES string of the molecule is CN(C)C(N)=NCCC[C@H](NC(=O)CCC(=O)Nc1cccc2c(C(=O)NCC(=O)N3CC(F)(F)C[C@H]3C#N)ccnc12)C(=O)O. The van der Waals surface area contributed by atoms with Gasteiger partial charge in [-0.2, -0.15) is 5.26 Å². The van der Waals surface area contributed by atoms with Gasteiger partial charge in [0.25, 0.3) is 11.8 Å². The Balaban J connectivity index is 1.56. The predicted molar refractivity (Wildman–Crippen MR) is 162 cm³/mol. The average Bonchev–Trinajstić information content (AvgIpc) is 3.34. The predicted octanol–water partition coefficient (Wildman–Crippen LogP) is 0.669. The average molecular weight is 644 g/mol. The number of hydrogen-bond acceptors (Lipinski definition) is 8. The van der Waals surface area contributed by atoms with E-state index in [1.54, 1.807) is 37.2 Å². The number of aromatic nitrogens is 1. The number of aliphatic imine (C=N–C) groups is 1. The Morgan fingerprint density at radius 3 is 2.61 bits per heavy atom. The Bertz CT molecular complexity index is 1560. The van der Waals surface area contributed by atoms with Crippen molar-refractivity contribution in [3.8, 4) is 6.07 Å². The number of halogens is 2. The molecule has 0 unspecified atom stereocenters. The number of para-hydroxylation sites is 1. The summed E-state index contributed by atoms with van der Waals surface area (Å²) < 4.78 is 27.4. The number of carbonyl (C=O) groups excluding carboxylic acids is 4. The molecule has 4 amide bonds. The molecule has 0 radical (unpaired) electrons. The lowest BCUT2D eigenvalue weighted by molar-refractivity contribution is -0.142. The van der Waals surface area contributed by atoms with Crippen LogP contribution in [0.1, 0.15) is 42.5 Å². The zero-order chi connectivity index (χ0) is 34.0. The van der Waals surface area contributed by atoms with Gasteiger partial charge in [-0.3, -0.25) is 29.2 Å². The molecule has 1 saturated heterocycles. The summed E-state index contributed by atoms with van der Waals surface area (Å²) in [4.78, 5) is 72.7. The van der Waals surface area contributed by atoms with Crippen LogP contribution in [0.2, 0.25) is 0 Å². The minimum absolute atomic E-state index is 0.0895. The number of guanidine groups is 1. The van der Waals surface area contributed by atoms with Crippen LogP contribution in [0.5, 0.6) is 0 Å². The molecule has 2 heterocycles. The molecule has 1 fully saturated rings. The topological polar surface area (TPSA) is 223 Å². The minimum atomic E-state index is -3.19. The van der Waals surface area contributed by atoms with Crippen LogP contribution in [0.25, 0.3) is 10.9 Å². The fourth-order valence-corrected chi connectivity index (χ4v) is 4.62. The van der Waals surface area contributed by atoms with Gasteiger partial charge in [0, 0.05) is 51.5 Å². The van der Waals surface area contributed by atoms with E-state index < -0.39 is 67.1 Å². The smallest absolute Gasteiger partial charge is 0.326 e. The molecule has 0 bridgehead atoms. The van der Waals surface area contributed by atoms with Gasteiger partial charge >= 0.3 is 5.97 Å². The van der Waals surface area contributed by atoms with Crippen LogP contribution in [-0.4, -0.2) is 107 Å². The highest BCUT2D eigenvalue weighted by molar-refractivity contribution is 6.10. The third-order valence-corrected chi connectivity index (χ3v) is 7.02. The molecule has 6 N–H and O–H groups in total. The summed E-state index contributed by atoms with van der Waals surface area (Å²) in [6.45, 7) is -1.25. The number of carboxylic acids is 1. The maximum atomic E-state index is 13.7. The molecule has 3 rings (SSSR count). The molecule has 0 spiro atoms. The third kappa shape index (κ3) is 9.55. The number of hydrogen-bond donors (Lipinski definition) is 5. The molecular formula is C29H35F2N9O6.